The van der Waals surface area contributed by atoms with Crippen LogP contribution in [0.15, 0.2) is 0 Å². The second-order valence-corrected chi connectivity index (χ2v) is 6.80. The molecule has 0 aromatic heterocycles. The number of rotatable bonds is 4. The fourth-order valence-corrected chi connectivity index (χ4v) is 4.18. The Balaban J connectivity index is 1.53. The normalized spacial score (nSPS) is 36.0. The SMILES string of the molecule is C1CCC(C2CCCCC2NCC2CC2)CC1. The molecule has 0 saturated heterocycles. The van der Waals surface area contributed by atoms with Gasteiger partial charge in [0.05, 0.1) is 0 Å². The van der Waals surface area contributed by atoms with Gasteiger partial charge in [-0.05, 0) is 50.0 Å². The Morgan fingerprint density at radius 3 is 2.18 bits per heavy atom. The second kappa shape index (κ2) is 5.73. The summed E-state index contributed by atoms with van der Waals surface area (Å²) in [6.45, 7) is 1.33. The topological polar surface area (TPSA) is 12.0 Å². The van der Waals surface area contributed by atoms with Gasteiger partial charge >= 0.3 is 0 Å². The van der Waals surface area contributed by atoms with Crippen molar-refractivity contribution in [1.29, 1.82) is 0 Å². The lowest BCUT2D eigenvalue weighted by Crippen LogP contribution is -2.43. The third-order valence-corrected chi connectivity index (χ3v) is 5.44. The van der Waals surface area contributed by atoms with E-state index in [0.717, 1.165) is 23.8 Å². The van der Waals surface area contributed by atoms with Crippen molar-refractivity contribution < 1.29 is 0 Å². The van der Waals surface area contributed by atoms with E-state index in [0.29, 0.717) is 0 Å². The van der Waals surface area contributed by atoms with Gasteiger partial charge in [0.25, 0.3) is 0 Å². The zero-order chi connectivity index (χ0) is 11.5. The molecule has 0 bridgehead atoms. The fraction of sp³-hybridized carbons (Fsp3) is 1.00. The van der Waals surface area contributed by atoms with E-state index in [1.165, 1.54) is 77.2 Å². The van der Waals surface area contributed by atoms with E-state index < -0.39 is 0 Å². The largest absolute Gasteiger partial charge is 0.313 e. The first-order valence-corrected chi connectivity index (χ1v) is 8.17. The van der Waals surface area contributed by atoms with Crippen LogP contribution < -0.4 is 5.32 Å². The van der Waals surface area contributed by atoms with Crippen LogP contribution in [0.3, 0.4) is 0 Å². The maximum absolute atomic E-state index is 3.93. The summed E-state index contributed by atoms with van der Waals surface area (Å²) in [4.78, 5) is 0. The lowest BCUT2D eigenvalue weighted by atomic mass is 9.71. The number of hydrogen-bond acceptors (Lipinski definition) is 1. The third-order valence-electron chi connectivity index (χ3n) is 5.44. The van der Waals surface area contributed by atoms with Crippen LogP contribution in [-0.2, 0) is 0 Å². The molecule has 0 aliphatic heterocycles. The predicted octanol–water partition coefficient (Wildman–Crippen LogP) is 4.13. The van der Waals surface area contributed by atoms with E-state index in [9.17, 15) is 0 Å². The number of nitrogens with one attached hydrogen (secondary N) is 1. The molecule has 3 fully saturated rings. The van der Waals surface area contributed by atoms with Crippen LogP contribution in [0.2, 0.25) is 0 Å². The summed E-state index contributed by atoms with van der Waals surface area (Å²) in [6, 6.07) is 0.882. The quantitative estimate of drug-likeness (QED) is 0.772. The maximum Gasteiger partial charge on any atom is 0.00980 e. The van der Waals surface area contributed by atoms with Gasteiger partial charge in [0, 0.05) is 6.04 Å². The molecule has 3 saturated carbocycles. The molecule has 2 atom stereocenters. The van der Waals surface area contributed by atoms with Crippen molar-refractivity contribution in [1.82, 2.24) is 5.32 Å². The van der Waals surface area contributed by atoms with Crippen molar-refractivity contribution in [3.63, 3.8) is 0 Å². The molecule has 3 aliphatic carbocycles. The summed E-state index contributed by atoms with van der Waals surface area (Å²) in [6.07, 6.45) is 16.5. The molecule has 2 unspecified atom stereocenters. The van der Waals surface area contributed by atoms with Crippen LogP contribution in [-0.4, -0.2) is 12.6 Å². The highest BCUT2D eigenvalue weighted by atomic mass is 14.9. The number of hydrogen-bond donors (Lipinski definition) is 1. The molecule has 0 radical (unpaired) electrons. The Labute approximate surface area is 107 Å². The smallest absolute Gasteiger partial charge is 0.00980 e. The van der Waals surface area contributed by atoms with Gasteiger partial charge in [0.1, 0.15) is 0 Å². The average Bonchev–Trinajstić information content (AvgIpc) is 3.22. The molecular formula is C16H29N. The van der Waals surface area contributed by atoms with Gasteiger partial charge < -0.3 is 5.32 Å². The lowest BCUT2D eigenvalue weighted by molar-refractivity contribution is 0.149. The molecule has 1 N–H and O–H groups in total. The van der Waals surface area contributed by atoms with Crippen LogP contribution in [0.1, 0.15) is 70.6 Å². The predicted molar refractivity (Wildman–Crippen MR) is 73.0 cm³/mol. The van der Waals surface area contributed by atoms with E-state index in [1.807, 2.05) is 0 Å². The van der Waals surface area contributed by atoms with Gasteiger partial charge in [0.15, 0.2) is 0 Å². The minimum absolute atomic E-state index is 0.882. The van der Waals surface area contributed by atoms with Crippen molar-refractivity contribution in [2.75, 3.05) is 6.54 Å². The van der Waals surface area contributed by atoms with Crippen LogP contribution in [0, 0.1) is 17.8 Å². The van der Waals surface area contributed by atoms with Gasteiger partial charge in [0.2, 0.25) is 0 Å². The van der Waals surface area contributed by atoms with E-state index in [2.05, 4.69) is 5.32 Å². The molecule has 0 heterocycles. The van der Waals surface area contributed by atoms with Gasteiger partial charge in [-0.25, -0.2) is 0 Å². The molecule has 98 valence electrons. The Hall–Kier alpha value is -0.0400. The van der Waals surface area contributed by atoms with Gasteiger partial charge in [-0.2, -0.15) is 0 Å². The molecule has 0 amide bonds. The van der Waals surface area contributed by atoms with Crippen molar-refractivity contribution in [3.8, 4) is 0 Å². The second-order valence-electron chi connectivity index (χ2n) is 6.80. The van der Waals surface area contributed by atoms with Crippen molar-refractivity contribution in [2.45, 2.75) is 76.7 Å². The molecular weight excluding hydrogens is 206 g/mol. The lowest BCUT2D eigenvalue weighted by Gasteiger charge is -2.39. The highest BCUT2D eigenvalue weighted by molar-refractivity contribution is 4.88. The van der Waals surface area contributed by atoms with E-state index in [1.54, 1.807) is 0 Å². The molecule has 0 aromatic carbocycles. The first kappa shape index (κ1) is 12.0. The molecule has 1 nitrogen and oxygen atoms in total. The Morgan fingerprint density at radius 2 is 1.41 bits per heavy atom. The molecule has 0 spiro atoms. The Bertz CT molecular complexity index is 228. The van der Waals surface area contributed by atoms with Crippen molar-refractivity contribution in [2.24, 2.45) is 17.8 Å². The van der Waals surface area contributed by atoms with Crippen LogP contribution in [0.4, 0.5) is 0 Å². The van der Waals surface area contributed by atoms with E-state index in [-0.39, 0.29) is 0 Å². The van der Waals surface area contributed by atoms with E-state index >= 15 is 0 Å². The monoisotopic (exact) mass is 235 g/mol. The zero-order valence-corrected chi connectivity index (χ0v) is 11.3. The fourth-order valence-electron chi connectivity index (χ4n) is 4.18. The summed E-state index contributed by atoms with van der Waals surface area (Å²) in [5.74, 6) is 3.15. The van der Waals surface area contributed by atoms with Crippen LogP contribution in [0.5, 0.6) is 0 Å². The average molecular weight is 235 g/mol. The van der Waals surface area contributed by atoms with Gasteiger partial charge in [-0.15, -0.1) is 0 Å². The summed E-state index contributed by atoms with van der Waals surface area (Å²) >= 11 is 0. The van der Waals surface area contributed by atoms with Crippen LogP contribution >= 0.6 is 0 Å². The summed E-state index contributed by atoms with van der Waals surface area (Å²) < 4.78 is 0. The highest BCUT2D eigenvalue weighted by Crippen LogP contribution is 2.39. The molecule has 17 heavy (non-hydrogen) atoms. The minimum Gasteiger partial charge on any atom is -0.313 e. The first-order valence-electron chi connectivity index (χ1n) is 8.17. The maximum atomic E-state index is 3.93. The Kier molecular flexibility index (Phi) is 4.05. The zero-order valence-electron chi connectivity index (χ0n) is 11.3. The highest BCUT2D eigenvalue weighted by Gasteiger charge is 2.33. The summed E-state index contributed by atoms with van der Waals surface area (Å²) in [7, 11) is 0. The standard InChI is InChI=1S/C16H29N/c1-2-6-14(7-3-1)15-8-4-5-9-16(15)17-12-13-10-11-13/h13-17H,1-12H2. The van der Waals surface area contributed by atoms with E-state index in [4.69, 9.17) is 0 Å². The molecule has 0 aromatic rings. The van der Waals surface area contributed by atoms with Crippen LogP contribution in [0.25, 0.3) is 0 Å². The summed E-state index contributed by atoms with van der Waals surface area (Å²) in [5, 5.41) is 3.93. The Morgan fingerprint density at radius 1 is 0.706 bits per heavy atom. The molecule has 3 aliphatic rings. The van der Waals surface area contributed by atoms with Crippen molar-refractivity contribution in [3.05, 3.63) is 0 Å². The van der Waals surface area contributed by atoms with Gasteiger partial charge in [-0.3, -0.25) is 0 Å². The van der Waals surface area contributed by atoms with Gasteiger partial charge in [-0.1, -0.05) is 44.9 Å². The molecule has 3 rings (SSSR count). The van der Waals surface area contributed by atoms with Crippen molar-refractivity contribution >= 4 is 0 Å². The third kappa shape index (κ3) is 3.24. The molecule has 1 heteroatoms. The summed E-state index contributed by atoms with van der Waals surface area (Å²) in [5.41, 5.74) is 0. The first-order chi connectivity index (χ1) is 8.43. The minimum atomic E-state index is 0.882.